The van der Waals surface area contributed by atoms with Crippen LogP contribution in [0.2, 0.25) is 0 Å². The number of aryl methyl sites for hydroxylation is 1. The van der Waals surface area contributed by atoms with Gasteiger partial charge in [-0.3, -0.25) is 4.90 Å². The van der Waals surface area contributed by atoms with Gasteiger partial charge in [0.25, 0.3) is 0 Å². The molecule has 186 valence electrons. The number of nitrogens with one attached hydrogen (secondary N) is 1. The molecule has 0 saturated carbocycles. The lowest BCUT2D eigenvalue weighted by atomic mass is 10.2. The number of benzene rings is 1. The average molecular weight is 483 g/mol. The van der Waals surface area contributed by atoms with E-state index in [0.717, 1.165) is 56.3 Å². The summed E-state index contributed by atoms with van der Waals surface area (Å²) >= 11 is 0. The Balaban J connectivity index is 0.000000406. The zero-order valence-electron chi connectivity index (χ0n) is 18.8. The van der Waals surface area contributed by atoms with E-state index in [0.29, 0.717) is 6.54 Å². The molecule has 3 heterocycles. The van der Waals surface area contributed by atoms with Crippen LogP contribution in [0.5, 0.6) is 5.75 Å². The number of urea groups is 1. The van der Waals surface area contributed by atoms with Crippen molar-refractivity contribution in [2.45, 2.75) is 45.1 Å². The standard InChI is InChI=1S/C20H27N5O2.C2HF3O2/c1-27-17-7-4-6-16(12-17)22-20(26)24-10-5-11-25-15-21-18(19(25)14-24)13-23-8-2-3-9-23;3-2(4,5)1(6)7/h4,6-7,12,15H,2-3,5,8-11,13-14H2,1H3,(H,22,26);(H,6,7). The molecule has 2 aliphatic rings. The van der Waals surface area contributed by atoms with E-state index in [1.165, 1.54) is 18.5 Å². The van der Waals surface area contributed by atoms with E-state index in [1.807, 2.05) is 35.5 Å². The highest BCUT2D eigenvalue weighted by Crippen LogP contribution is 2.22. The van der Waals surface area contributed by atoms with E-state index in [1.54, 1.807) is 7.11 Å². The normalized spacial score (nSPS) is 16.2. The molecule has 2 aliphatic heterocycles. The molecule has 0 bridgehead atoms. The van der Waals surface area contributed by atoms with Gasteiger partial charge in [0.15, 0.2) is 0 Å². The van der Waals surface area contributed by atoms with Gasteiger partial charge in [0.1, 0.15) is 5.75 Å². The number of hydrogen-bond donors (Lipinski definition) is 2. The number of hydrogen-bond acceptors (Lipinski definition) is 5. The van der Waals surface area contributed by atoms with E-state index in [4.69, 9.17) is 14.6 Å². The first kappa shape index (κ1) is 25.3. The Kier molecular flexibility index (Phi) is 8.37. The van der Waals surface area contributed by atoms with Crippen LogP contribution in [0.3, 0.4) is 0 Å². The molecule has 9 nitrogen and oxygen atoms in total. The van der Waals surface area contributed by atoms with Crippen molar-refractivity contribution < 1.29 is 32.6 Å². The summed E-state index contributed by atoms with van der Waals surface area (Å²) in [4.78, 5) is 30.7. The van der Waals surface area contributed by atoms with Crippen LogP contribution >= 0.6 is 0 Å². The number of halogens is 3. The lowest BCUT2D eigenvalue weighted by Gasteiger charge is -2.22. The Bertz CT molecular complexity index is 989. The maximum atomic E-state index is 12.8. The third-order valence-corrected chi connectivity index (χ3v) is 5.62. The molecule has 0 atom stereocenters. The number of amides is 2. The number of aliphatic carboxylic acids is 1. The number of anilines is 1. The van der Waals surface area contributed by atoms with Crippen molar-refractivity contribution in [1.29, 1.82) is 0 Å². The van der Waals surface area contributed by atoms with Gasteiger partial charge in [0.2, 0.25) is 0 Å². The second-order valence-corrected chi connectivity index (χ2v) is 8.05. The summed E-state index contributed by atoms with van der Waals surface area (Å²) in [6.07, 6.45) is 0.318. The highest BCUT2D eigenvalue weighted by Gasteiger charge is 2.38. The van der Waals surface area contributed by atoms with Gasteiger partial charge in [0.05, 0.1) is 31.4 Å². The second-order valence-electron chi connectivity index (χ2n) is 8.05. The third-order valence-electron chi connectivity index (χ3n) is 5.62. The number of ether oxygens (including phenoxy) is 1. The third kappa shape index (κ3) is 6.86. The molecule has 2 amide bonds. The first-order valence-corrected chi connectivity index (χ1v) is 10.9. The molecule has 1 saturated heterocycles. The largest absolute Gasteiger partial charge is 0.497 e. The summed E-state index contributed by atoms with van der Waals surface area (Å²) < 4.78 is 39.2. The minimum absolute atomic E-state index is 0.0787. The van der Waals surface area contributed by atoms with E-state index in [2.05, 4.69) is 19.8 Å². The number of likely N-dealkylation sites (tertiary alicyclic amines) is 1. The minimum Gasteiger partial charge on any atom is -0.497 e. The molecule has 2 aromatic rings. The van der Waals surface area contributed by atoms with Crippen LogP contribution in [0.4, 0.5) is 23.7 Å². The Morgan fingerprint density at radius 2 is 1.85 bits per heavy atom. The quantitative estimate of drug-likeness (QED) is 0.690. The molecule has 1 fully saturated rings. The maximum absolute atomic E-state index is 12.8. The lowest BCUT2D eigenvalue weighted by molar-refractivity contribution is -0.192. The molecule has 4 rings (SSSR count). The fourth-order valence-corrected chi connectivity index (χ4v) is 3.88. The van der Waals surface area contributed by atoms with Gasteiger partial charge >= 0.3 is 18.2 Å². The molecule has 1 aromatic heterocycles. The van der Waals surface area contributed by atoms with Gasteiger partial charge in [-0.05, 0) is 44.5 Å². The molecule has 0 unspecified atom stereocenters. The molecule has 0 spiro atoms. The van der Waals surface area contributed by atoms with Crippen molar-refractivity contribution in [3.63, 3.8) is 0 Å². The molecule has 12 heteroatoms. The van der Waals surface area contributed by atoms with E-state index in [-0.39, 0.29) is 6.03 Å². The molecule has 0 aliphatic carbocycles. The smallest absolute Gasteiger partial charge is 0.490 e. The zero-order chi connectivity index (χ0) is 24.7. The highest BCUT2D eigenvalue weighted by molar-refractivity contribution is 5.89. The fourth-order valence-electron chi connectivity index (χ4n) is 3.88. The maximum Gasteiger partial charge on any atom is 0.490 e. The van der Waals surface area contributed by atoms with Crippen LogP contribution < -0.4 is 10.1 Å². The van der Waals surface area contributed by atoms with Gasteiger partial charge in [-0.15, -0.1) is 0 Å². The van der Waals surface area contributed by atoms with Crippen LogP contribution in [-0.4, -0.2) is 69.4 Å². The molecule has 2 N–H and O–H groups in total. The van der Waals surface area contributed by atoms with Crippen LogP contribution in [0, 0.1) is 0 Å². The summed E-state index contributed by atoms with van der Waals surface area (Å²) in [5, 5.41) is 10.1. The fraction of sp³-hybridized carbons (Fsp3) is 0.500. The Morgan fingerprint density at radius 1 is 1.15 bits per heavy atom. The number of methoxy groups -OCH3 is 1. The van der Waals surface area contributed by atoms with Crippen molar-refractivity contribution >= 4 is 17.7 Å². The monoisotopic (exact) mass is 483 g/mol. The number of aromatic nitrogens is 2. The van der Waals surface area contributed by atoms with Crippen LogP contribution in [0.1, 0.15) is 30.7 Å². The van der Waals surface area contributed by atoms with Crippen molar-refractivity contribution in [1.82, 2.24) is 19.4 Å². The number of nitrogens with zero attached hydrogens (tertiary/aromatic N) is 4. The van der Waals surface area contributed by atoms with Gasteiger partial charge in [-0.1, -0.05) is 6.07 Å². The number of alkyl halides is 3. The highest BCUT2D eigenvalue weighted by atomic mass is 19.4. The predicted molar refractivity (Wildman–Crippen MR) is 117 cm³/mol. The van der Waals surface area contributed by atoms with Gasteiger partial charge in [-0.25, -0.2) is 14.6 Å². The van der Waals surface area contributed by atoms with Crippen molar-refractivity contribution in [2.24, 2.45) is 0 Å². The Labute approximate surface area is 195 Å². The van der Waals surface area contributed by atoms with Gasteiger partial charge < -0.3 is 24.6 Å². The number of carboxylic acids is 1. The summed E-state index contributed by atoms with van der Waals surface area (Å²) in [6, 6.07) is 7.37. The SMILES string of the molecule is COc1cccc(NC(=O)N2CCCn3cnc(CN4CCCC4)c3C2)c1.O=C(O)C(F)(F)F. The van der Waals surface area contributed by atoms with Crippen LogP contribution in [-0.2, 0) is 24.4 Å². The first-order valence-electron chi connectivity index (χ1n) is 10.9. The average Bonchev–Trinajstić information content (AvgIpc) is 3.38. The van der Waals surface area contributed by atoms with Crippen molar-refractivity contribution in [2.75, 3.05) is 32.1 Å². The van der Waals surface area contributed by atoms with Crippen LogP contribution in [0.15, 0.2) is 30.6 Å². The van der Waals surface area contributed by atoms with Gasteiger partial charge in [-0.2, -0.15) is 13.2 Å². The van der Waals surface area contributed by atoms with E-state index >= 15 is 0 Å². The number of imidazole rings is 1. The lowest BCUT2D eigenvalue weighted by Crippen LogP contribution is -2.35. The molecule has 0 radical (unpaired) electrons. The van der Waals surface area contributed by atoms with Gasteiger partial charge in [0, 0.05) is 31.4 Å². The Hall–Kier alpha value is -3.28. The summed E-state index contributed by atoms with van der Waals surface area (Å²) in [5.74, 6) is -2.03. The minimum atomic E-state index is -5.08. The number of rotatable bonds is 4. The zero-order valence-corrected chi connectivity index (χ0v) is 18.8. The summed E-state index contributed by atoms with van der Waals surface area (Å²) in [5.41, 5.74) is 3.02. The van der Waals surface area contributed by atoms with E-state index in [9.17, 15) is 18.0 Å². The second kappa shape index (κ2) is 11.2. The topological polar surface area (TPSA) is 99.9 Å². The molecular formula is C22H28F3N5O4. The molecule has 34 heavy (non-hydrogen) atoms. The molecular weight excluding hydrogens is 455 g/mol. The number of carbonyl (C=O) groups excluding carboxylic acids is 1. The van der Waals surface area contributed by atoms with E-state index < -0.39 is 12.1 Å². The number of fused-ring (bicyclic) bond motifs is 1. The Morgan fingerprint density at radius 3 is 2.50 bits per heavy atom. The molecule has 1 aromatic carbocycles. The van der Waals surface area contributed by atoms with Crippen molar-refractivity contribution in [3.8, 4) is 5.75 Å². The first-order chi connectivity index (χ1) is 16.2. The number of carboxylic acid groups (broad SMARTS) is 1. The number of carbonyl (C=O) groups is 2. The van der Waals surface area contributed by atoms with Crippen LogP contribution in [0.25, 0.3) is 0 Å². The summed E-state index contributed by atoms with van der Waals surface area (Å²) in [6.45, 7) is 5.41. The predicted octanol–water partition coefficient (Wildman–Crippen LogP) is 3.56. The summed E-state index contributed by atoms with van der Waals surface area (Å²) in [7, 11) is 1.62. The van der Waals surface area contributed by atoms with Crippen molar-refractivity contribution in [3.05, 3.63) is 42.0 Å².